The summed E-state index contributed by atoms with van der Waals surface area (Å²) in [5.74, 6) is 1.41. The van der Waals surface area contributed by atoms with Crippen LogP contribution in [0, 0.1) is 11.8 Å². The molecule has 4 heteroatoms. The summed E-state index contributed by atoms with van der Waals surface area (Å²) in [4.78, 5) is 14.5. The van der Waals surface area contributed by atoms with Crippen molar-refractivity contribution in [3.63, 3.8) is 0 Å². The number of likely N-dealkylation sites (tertiary alicyclic amines) is 1. The molecule has 1 aliphatic carbocycles. The maximum Gasteiger partial charge on any atom is 0.317 e. The Balaban J connectivity index is 1.61. The van der Waals surface area contributed by atoms with Crippen LogP contribution in [0.3, 0.4) is 0 Å². The number of aryl methyl sites for hydroxylation is 1. The predicted molar refractivity (Wildman–Crippen MR) is 97.5 cm³/mol. The van der Waals surface area contributed by atoms with Gasteiger partial charge in [-0.15, -0.1) is 0 Å². The van der Waals surface area contributed by atoms with Gasteiger partial charge < -0.3 is 10.2 Å². The SMILES string of the molecule is CC(C)CC1CN(C(=O)NC2CCCCc3cc(Br)ccc32)C1. The standard InChI is InChI=1S/C19H27BrN2O/c1-13(2)9-14-11-22(12-14)19(23)21-18-6-4-3-5-15-10-16(20)7-8-17(15)18/h7-8,10,13-14,18H,3-6,9,11-12H2,1-2H3,(H,21,23). The first-order valence-electron chi connectivity index (χ1n) is 8.86. The van der Waals surface area contributed by atoms with E-state index in [4.69, 9.17) is 0 Å². The van der Waals surface area contributed by atoms with Crippen LogP contribution in [0.5, 0.6) is 0 Å². The summed E-state index contributed by atoms with van der Waals surface area (Å²) in [6.07, 6.45) is 5.76. The fraction of sp³-hybridized carbons (Fsp3) is 0.632. The molecule has 2 aliphatic rings. The van der Waals surface area contributed by atoms with Crippen LogP contribution in [-0.4, -0.2) is 24.0 Å². The summed E-state index contributed by atoms with van der Waals surface area (Å²) >= 11 is 3.56. The molecule has 0 spiro atoms. The van der Waals surface area contributed by atoms with E-state index in [-0.39, 0.29) is 12.1 Å². The van der Waals surface area contributed by atoms with E-state index in [1.807, 2.05) is 4.90 Å². The van der Waals surface area contributed by atoms with Crippen molar-refractivity contribution in [3.05, 3.63) is 33.8 Å². The number of halogens is 1. The third-order valence-corrected chi connectivity index (χ3v) is 5.51. The van der Waals surface area contributed by atoms with Gasteiger partial charge in [-0.1, -0.05) is 42.3 Å². The monoisotopic (exact) mass is 378 g/mol. The zero-order valence-electron chi connectivity index (χ0n) is 14.1. The second kappa shape index (κ2) is 7.25. The molecule has 0 aromatic heterocycles. The minimum absolute atomic E-state index is 0.116. The summed E-state index contributed by atoms with van der Waals surface area (Å²) in [6.45, 7) is 6.35. The lowest BCUT2D eigenvalue weighted by molar-refractivity contribution is 0.105. The maximum absolute atomic E-state index is 12.5. The van der Waals surface area contributed by atoms with Crippen molar-refractivity contribution in [2.45, 2.75) is 52.0 Å². The van der Waals surface area contributed by atoms with E-state index in [9.17, 15) is 4.79 Å². The molecular weight excluding hydrogens is 352 g/mol. The van der Waals surface area contributed by atoms with Gasteiger partial charge >= 0.3 is 6.03 Å². The number of amides is 2. The van der Waals surface area contributed by atoms with Crippen LogP contribution in [0.1, 0.15) is 56.7 Å². The quantitative estimate of drug-likeness (QED) is 0.744. The Morgan fingerprint density at radius 1 is 1.35 bits per heavy atom. The van der Waals surface area contributed by atoms with E-state index in [2.05, 4.69) is 53.3 Å². The summed E-state index contributed by atoms with van der Waals surface area (Å²) in [5.41, 5.74) is 2.68. The molecule has 3 rings (SSSR count). The second-order valence-electron chi connectivity index (χ2n) is 7.49. The van der Waals surface area contributed by atoms with Crippen LogP contribution in [-0.2, 0) is 6.42 Å². The van der Waals surface area contributed by atoms with Crippen LogP contribution >= 0.6 is 15.9 Å². The van der Waals surface area contributed by atoms with Gasteiger partial charge in [-0.05, 0) is 60.8 Å². The number of nitrogens with zero attached hydrogens (tertiary/aromatic N) is 1. The van der Waals surface area contributed by atoms with E-state index in [0.29, 0.717) is 5.92 Å². The number of nitrogens with one attached hydrogen (secondary N) is 1. The number of rotatable bonds is 3. The molecule has 1 aliphatic heterocycles. The van der Waals surface area contributed by atoms with Crippen LogP contribution in [0.2, 0.25) is 0 Å². The van der Waals surface area contributed by atoms with Gasteiger partial charge in [-0.2, -0.15) is 0 Å². The maximum atomic E-state index is 12.5. The number of carbonyl (C=O) groups is 1. The summed E-state index contributed by atoms with van der Waals surface area (Å²) in [7, 11) is 0. The zero-order chi connectivity index (χ0) is 16.4. The highest BCUT2D eigenvalue weighted by Crippen LogP contribution is 2.31. The highest BCUT2D eigenvalue weighted by Gasteiger charge is 2.32. The van der Waals surface area contributed by atoms with Crippen molar-refractivity contribution in [2.75, 3.05) is 13.1 Å². The van der Waals surface area contributed by atoms with Crippen molar-refractivity contribution >= 4 is 22.0 Å². The van der Waals surface area contributed by atoms with Gasteiger partial charge in [-0.3, -0.25) is 0 Å². The Bertz CT molecular complexity index is 566. The molecule has 0 radical (unpaired) electrons. The van der Waals surface area contributed by atoms with Crippen molar-refractivity contribution in [2.24, 2.45) is 11.8 Å². The molecule has 0 bridgehead atoms. The Morgan fingerprint density at radius 3 is 2.87 bits per heavy atom. The molecule has 3 nitrogen and oxygen atoms in total. The minimum Gasteiger partial charge on any atom is -0.331 e. The number of urea groups is 1. The topological polar surface area (TPSA) is 32.3 Å². The fourth-order valence-electron chi connectivity index (χ4n) is 3.89. The lowest BCUT2D eigenvalue weighted by Gasteiger charge is -2.40. The molecule has 1 aromatic rings. The third-order valence-electron chi connectivity index (χ3n) is 5.02. The highest BCUT2D eigenvalue weighted by atomic mass is 79.9. The van der Waals surface area contributed by atoms with Gasteiger partial charge in [0.25, 0.3) is 0 Å². The molecule has 1 heterocycles. The predicted octanol–water partition coefficient (Wildman–Crippen LogP) is 4.90. The van der Waals surface area contributed by atoms with Gasteiger partial charge in [0.15, 0.2) is 0 Å². The average molecular weight is 379 g/mol. The van der Waals surface area contributed by atoms with Gasteiger partial charge in [0, 0.05) is 17.6 Å². The lowest BCUT2D eigenvalue weighted by atomic mass is 9.90. The number of hydrogen-bond donors (Lipinski definition) is 1. The van der Waals surface area contributed by atoms with E-state index < -0.39 is 0 Å². The summed E-state index contributed by atoms with van der Waals surface area (Å²) in [5, 5.41) is 3.28. The van der Waals surface area contributed by atoms with Crippen LogP contribution < -0.4 is 5.32 Å². The summed E-state index contributed by atoms with van der Waals surface area (Å²) < 4.78 is 1.13. The van der Waals surface area contributed by atoms with Gasteiger partial charge in [0.2, 0.25) is 0 Å². The number of fused-ring (bicyclic) bond motifs is 1. The smallest absolute Gasteiger partial charge is 0.317 e. The normalized spacial score (nSPS) is 21.6. The van der Waals surface area contributed by atoms with Gasteiger partial charge in [0.1, 0.15) is 0 Å². The first kappa shape index (κ1) is 16.8. The molecule has 1 aromatic carbocycles. The Morgan fingerprint density at radius 2 is 2.13 bits per heavy atom. The minimum atomic E-state index is 0.116. The molecule has 1 atom stereocenters. The van der Waals surface area contributed by atoms with Gasteiger partial charge in [0.05, 0.1) is 6.04 Å². The average Bonchev–Trinajstić information content (AvgIpc) is 2.64. The Labute approximate surface area is 148 Å². The molecule has 1 saturated heterocycles. The molecule has 1 N–H and O–H groups in total. The zero-order valence-corrected chi connectivity index (χ0v) is 15.7. The fourth-order valence-corrected chi connectivity index (χ4v) is 4.30. The molecule has 126 valence electrons. The van der Waals surface area contributed by atoms with E-state index in [1.165, 1.54) is 30.4 Å². The van der Waals surface area contributed by atoms with Crippen molar-refractivity contribution in [1.82, 2.24) is 10.2 Å². The first-order chi connectivity index (χ1) is 11.0. The third kappa shape index (κ3) is 4.09. The number of carbonyl (C=O) groups excluding carboxylic acids is 1. The highest BCUT2D eigenvalue weighted by molar-refractivity contribution is 9.10. The second-order valence-corrected chi connectivity index (χ2v) is 8.41. The Hall–Kier alpha value is -1.03. The largest absolute Gasteiger partial charge is 0.331 e. The number of benzene rings is 1. The molecule has 2 amide bonds. The molecular formula is C19H27BrN2O. The van der Waals surface area contributed by atoms with Crippen LogP contribution in [0.4, 0.5) is 4.79 Å². The van der Waals surface area contributed by atoms with E-state index in [1.54, 1.807) is 0 Å². The Kier molecular flexibility index (Phi) is 5.30. The number of hydrogen-bond acceptors (Lipinski definition) is 1. The first-order valence-corrected chi connectivity index (χ1v) is 9.66. The van der Waals surface area contributed by atoms with Crippen molar-refractivity contribution in [3.8, 4) is 0 Å². The van der Waals surface area contributed by atoms with Crippen molar-refractivity contribution < 1.29 is 4.79 Å². The summed E-state index contributed by atoms with van der Waals surface area (Å²) in [6, 6.07) is 6.75. The van der Waals surface area contributed by atoms with Crippen LogP contribution in [0.25, 0.3) is 0 Å². The van der Waals surface area contributed by atoms with Crippen LogP contribution in [0.15, 0.2) is 22.7 Å². The van der Waals surface area contributed by atoms with Gasteiger partial charge in [-0.25, -0.2) is 4.79 Å². The molecule has 0 saturated carbocycles. The molecule has 23 heavy (non-hydrogen) atoms. The molecule has 1 fully saturated rings. The van der Waals surface area contributed by atoms with E-state index >= 15 is 0 Å². The lowest BCUT2D eigenvalue weighted by Crippen LogP contribution is -2.54. The molecule has 1 unspecified atom stereocenters. The van der Waals surface area contributed by atoms with E-state index in [0.717, 1.165) is 36.3 Å². The van der Waals surface area contributed by atoms with Crippen molar-refractivity contribution in [1.29, 1.82) is 0 Å².